The predicted molar refractivity (Wildman–Crippen MR) is 69.2 cm³/mol. The van der Waals surface area contributed by atoms with Gasteiger partial charge in [-0.15, -0.1) is 0 Å². The molecule has 0 aliphatic carbocycles. The second-order valence-corrected chi connectivity index (χ2v) is 7.13. The highest BCUT2D eigenvalue weighted by Crippen LogP contribution is 2.13. The molecule has 2 aromatic rings. The molecule has 0 aliphatic rings. The Morgan fingerprint density at radius 2 is 2.11 bits per heavy atom. The normalized spacial score (nSPS) is 12.2. The second kappa shape index (κ2) is 5.30. The molecule has 7 nitrogen and oxygen atoms in total. The number of hydrogen-bond acceptors (Lipinski definition) is 5. The van der Waals surface area contributed by atoms with Crippen LogP contribution in [0.5, 0.6) is 0 Å². The average Bonchev–Trinajstić information content (AvgIpc) is 2.88. The van der Waals surface area contributed by atoms with E-state index in [4.69, 9.17) is 10.7 Å². The molecule has 0 N–H and O–H groups in total. The van der Waals surface area contributed by atoms with Crippen molar-refractivity contribution in [2.75, 3.05) is 0 Å². The van der Waals surface area contributed by atoms with Crippen molar-refractivity contribution >= 4 is 19.7 Å². The molecule has 0 saturated carbocycles. The molecule has 0 fully saturated rings. The van der Waals surface area contributed by atoms with Gasteiger partial charge < -0.3 is 0 Å². The third-order valence-corrected chi connectivity index (χ3v) is 3.74. The zero-order chi connectivity index (χ0) is 14.0. The summed E-state index contributed by atoms with van der Waals surface area (Å²) in [6.07, 6.45) is 4.06. The van der Waals surface area contributed by atoms with Crippen LogP contribution in [0.2, 0.25) is 0 Å². The van der Waals surface area contributed by atoms with E-state index in [1.54, 1.807) is 4.68 Å². The molecule has 2 rings (SSSR count). The molecule has 0 amide bonds. The van der Waals surface area contributed by atoms with E-state index in [1.165, 1.54) is 23.4 Å². The van der Waals surface area contributed by atoms with Crippen molar-refractivity contribution in [1.82, 2.24) is 24.5 Å². The number of rotatable bonds is 5. The molecule has 9 heteroatoms. The van der Waals surface area contributed by atoms with E-state index in [-0.39, 0.29) is 4.90 Å². The first-order valence-corrected chi connectivity index (χ1v) is 8.01. The van der Waals surface area contributed by atoms with Gasteiger partial charge in [0, 0.05) is 23.4 Å². The first kappa shape index (κ1) is 14.0. The highest BCUT2D eigenvalue weighted by Gasteiger charge is 2.14. The number of aromatic nitrogens is 5. The SMILES string of the molecule is CC(C)Cn1ncnc1Cn1cc(S(=O)(=O)Cl)cn1. The Bertz CT molecular complexity index is 661. The lowest BCUT2D eigenvalue weighted by atomic mass is 10.2. The third-order valence-electron chi connectivity index (χ3n) is 2.43. The first-order chi connectivity index (χ1) is 8.86. The summed E-state index contributed by atoms with van der Waals surface area (Å²) in [4.78, 5) is 4.12. The van der Waals surface area contributed by atoms with Gasteiger partial charge in [-0.2, -0.15) is 10.2 Å². The largest absolute Gasteiger partial charge is 0.264 e. The highest BCUT2D eigenvalue weighted by molar-refractivity contribution is 8.13. The van der Waals surface area contributed by atoms with Crippen molar-refractivity contribution in [2.45, 2.75) is 31.8 Å². The minimum Gasteiger partial charge on any atom is -0.264 e. The van der Waals surface area contributed by atoms with Gasteiger partial charge in [-0.3, -0.25) is 4.68 Å². The van der Waals surface area contributed by atoms with Crippen molar-refractivity contribution in [3.63, 3.8) is 0 Å². The maximum Gasteiger partial charge on any atom is 0.264 e. The highest BCUT2D eigenvalue weighted by atomic mass is 35.7. The molecular weight excluding hydrogens is 290 g/mol. The molecule has 2 heterocycles. The van der Waals surface area contributed by atoms with Gasteiger partial charge in [0.25, 0.3) is 9.05 Å². The first-order valence-electron chi connectivity index (χ1n) is 5.70. The molecule has 2 aromatic heterocycles. The van der Waals surface area contributed by atoms with Gasteiger partial charge in [0.2, 0.25) is 0 Å². The van der Waals surface area contributed by atoms with Crippen LogP contribution in [-0.2, 0) is 22.1 Å². The maximum atomic E-state index is 11.1. The Balaban J connectivity index is 2.18. The zero-order valence-corrected chi connectivity index (χ0v) is 12.1. The molecule has 0 aromatic carbocycles. The fraction of sp³-hybridized carbons (Fsp3) is 0.500. The summed E-state index contributed by atoms with van der Waals surface area (Å²) in [5, 5.41) is 8.08. The van der Waals surface area contributed by atoms with E-state index < -0.39 is 9.05 Å². The molecule has 0 unspecified atom stereocenters. The number of halogens is 1. The lowest BCUT2D eigenvalue weighted by molar-refractivity contribution is 0.456. The van der Waals surface area contributed by atoms with E-state index in [1.807, 2.05) is 0 Å². The van der Waals surface area contributed by atoms with Crippen LogP contribution in [0, 0.1) is 5.92 Å². The topological polar surface area (TPSA) is 82.7 Å². The van der Waals surface area contributed by atoms with Crippen LogP contribution in [0.25, 0.3) is 0 Å². The van der Waals surface area contributed by atoms with Gasteiger partial charge in [-0.05, 0) is 5.92 Å². The van der Waals surface area contributed by atoms with Gasteiger partial charge in [0.15, 0.2) is 0 Å². The van der Waals surface area contributed by atoms with Crippen LogP contribution >= 0.6 is 10.7 Å². The zero-order valence-electron chi connectivity index (χ0n) is 10.6. The van der Waals surface area contributed by atoms with Crippen LogP contribution in [0.3, 0.4) is 0 Å². The van der Waals surface area contributed by atoms with Gasteiger partial charge in [-0.1, -0.05) is 13.8 Å². The van der Waals surface area contributed by atoms with E-state index in [0.29, 0.717) is 12.5 Å². The van der Waals surface area contributed by atoms with Crippen molar-refractivity contribution in [3.8, 4) is 0 Å². The summed E-state index contributed by atoms with van der Waals surface area (Å²) in [7, 11) is 1.50. The number of hydrogen-bond donors (Lipinski definition) is 0. The minimum atomic E-state index is -3.74. The molecule has 0 atom stereocenters. The van der Waals surface area contributed by atoms with Crippen LogP contribution in [-0.4, -0.2) is 33.0 Å². The predicted octanol–water partition coefficient (Wildman–Crippen LogP) is 1.11. The summed E-state index contributed by atoms with van der Waals surface area (Å²) in [6, 6.07) is 0. The molecular formula is C10H14ClN5O2S. The molecule has 19 heavy (non-hydrogen) atoms. The maximum absolute atomic E-state index is 11.1. The third kappa shape index (κ3) is 3.54. The van der Waals surface area contributed by atoms with E-state index in [0.717, 1.165) is 12.4 Å². The van der Waals surface area contributed by atoms with E-state index >= 15 is 0 Å². The van der Waals surface area contributed by atoms with Crippen LogP contribution in [0.15, 0.2) is 23.6 Å². The van der Waals surface area contributed by atoms with Gasteiger partial charge in [0.1, 0.15) is 23.6 Å². The monoisotopic (exact) mass is 303 g/mol. The summed E-state index contributed by atoms with van der Waals surface area (Å²) in [5.74, 6) is 1.16. The fourth-order valence-electron chi connectivity index (χ4n) is 1.61. The standard InChI is InChI=1S/C10H14ClN5O2S/c1-8(2)4-16-10(12-7-14-16)6-15-5-9(3-13-15)19(11,17)18/h3,5,7-8H,4,6H2,1-2H3. The Hall–Kier alpha value is -1.41. The van der Waals surface area contributed by atoms with Gasteiger partial charge in [0.05, 0.1) is 6.20 Å². The van der Waals surface area contributed by atoms with E-state index in [9.17, 15) is 8.42 Å². The lowest BCUT2D eigenvalue weighted by Gasteiger charge is -2.08. The summed E-state index contributed by atoms with van der Waals surface area (Å²) in [5.41, 5.74) is 0. The minimum absolute atomic E-state index is 0.0240. The smallest absolute Gasteiger partial charge is 0.264 e. The van der Waals surface area contributed by atoms with Crippen molar-refractivity contribution in [3.05, 3.63) is 24.5 Å². The lowest BCUT2D eigenvalue weighted by Crippen LogP contribution is -2.13. The Morgan fingerprint density at radius 1 is 1.37 bits per heavy atom. The second-order valence-electron chi connectivity index (χ2n) is 4.56. The Kier molecular flexibility index (Phi) is 3.91. The molecule has 0 radical (unpaired) electrons. The van der Waals surface area contributed by atoms with Crippen LogP contribution in [0.1, 0.15) is 19.7 Å². The van der Waals surface area contributed by atoms with Gasteiger partial charge in [-0.25, -0.2) is 18.1 Å². The van der Waals surface area contributed by atoms with E-state index in [2.05, 4.69) is 29.0 Å². The number of nitrogens with zero attached hydrogens (tertiary/aromatic N) is 5. The fourth-order valence-corrected chi connectivity index (χ4v) is 2.27. The average molecular weight is 304 g/mol. The summed E-state index contributed by atoms with van der Waals surface area (Å²) >= 11 is 0. The Labute approximate surface area is 115 Å². The molecule has 0 spiro atoms. The molecule has 0 aliphatic heterocycles. The van der Waals surface area contributed by atoms with Crippen LogP contribution in [0.4, 0.5) is 0 Å². The Morgan fingerprint density at radius 3 is 2.68 bits per heavy atom. The summed E-state index contributed by atoms with van der Waals surface area (Å²) in [6.45, 7) is 5.26. The van der Waals surface area contributed by atoms with Crippen molar-refractivity contribution in [1.29, 1.82) is 0 Å². The van der Waals surface area contributed by atoms with Crippen molar-refractivity contribution < 1.29 is 8.42 Å². The molecule has 104 valence electrons. The van der Waals surface area contributed by atoms with Gasteiger partial charge >= 0.3 is 0 Å². The quantitative estimate of drug-likeness (QED) is 0.773. The molecule has 0 bridgehead atoms. The van der Waals surface area contributed by atoms with Crippen molar-refractivity contribution in [2.24, 2.45) is 5.92 Å². The van der Waals surface area contributed by atoms with Crippen LogP contribution < -0.4 is 0 Å². The summed E-state index contributed by atoms with van der Waals surface area (Å²) < 4.78 is 25.5. The molecule has 0 saturated heterocycles.